The number of aromatic nitrogens is 2. The Hall–Kier alpha value is -3.87. The summed E-state index contributed by atoms with van der Waals surface area (Å²) in [5.74, 6) is 0.492. The standard InChI is InChI=1S/C24H19F3N4/c1-16-4-2-3-5-21(16)30-19-10-6-17(7-11-19)22-14-23(29-15-28-22)31-20-12-8-18(9-13-20)24(25,26)27/h2-15,30H,1H3,(H,28,29,31). The molecule has 3 aromatic carbocycles. The normalized spacial score (nSPS) is 11.2. The Bertz CT molecular complexity index is 1170. The first-order chi connectivity index (χ1) is 14.9. The van der Waals surface area contributed by atoms with Crippen molar-refractivity contribution >= 4 is 22.9 Å². The second-order valence-electron chi connectivity index (χ2n) is 7.01. The highest BCUT2D eigenvalue weighted by Crippen LogP contribution is 2.30. The lowest BCUT2D eigenvalue weighted by atomic mass is 10.1. The fraction of sp³-hybridized carbons (Fsp3) is 0.0833. The second-order valence-corrected chi connectivity index (χ2v) is 7.01. The quantitative estimate of drug-likeness (QED) is 0.366. The van der Waals surface area contributed by atoms with E-state index in [9.17, 15) is 13.2 Å². The fourth-order valence-electron chi connectivity index (χ4n) is 3.07. The third-order valence-electron chi connectivity index (χ3n) is 4.76. The van der Waals surface area contributed by atoms with Crippen molar-refractivity contribution in [1.29, 1.82) is 0 Å². The molecule has 7 heteroatoms. The number of nitrogens with zero attached hydrogens (tertiary/aromatic N) is 2. The van der Waals surface area contributed by atoms with Gasteiger partial charge in [-0.2, -0.15) is 13.2 Å². The molecule has 0 aliphatic carbocycles. The number of halogens is 3. The van der Waals surface area contributed by atoms with E-state index in [2.05, 4.69) is 20.6 Å². The zero-order chi connectivity index (χ0) is 21.8. The van der Waals surface area contributed by atoms with Gasteiger partial charge in [0.05, 0.1) is 11.3 Å². The number of benzene rings is 3. The molecule has 0 amide bonds. The van der Waals surface area contributed by atoms with Crippen LogP contribution in [0.25, 0.3) is 11.3 Å². The molecule has 0 saturated heterocycles. The molecule has 4 nitrogen and oxygen atoms in total. The molecule has 0 fully saturated rings. The molecule has 1 aromatic heterocycles. The van der Waals surface area contributed by atoms with E-state index < -0.39 is 11.7 Å². The number of para-hydroxylation sites is 1. The first-order valence-electron chi connectivity index (χ1n) is 9.58. The number of hydrogen-bond donors (Lipinski definition) is 2. The average molecular weight is 420 g/mol. The van der Waals surface area contributed by atoms with Gasteiger partial charge in [0.1, 0.15) is 12.1 Å². The Morgan fingerprint density at radius 3 is 2.06 bits per heavy atom. The maximum absolute atomic E-state index is 12.7. The molecule has 0 saturated carbocycles. The van der Waals surface area contributed by atoms with Gasteiger partial charge in [-0.1, -0.05) is 30.3 Å². The van der Waals surface area contributed by atoms with Gasteiger partial charge < -0.3 is 10.6 Å². The van der Waals surface area contributed by atoms with E-state index in [-0.39, 0.29) is 0 Å². The van der Waals surface area contributed by atoms with E-state index in [1.54, 1.807) is 6.07 Å². The first-order valence-corrected chi connectivity index (χ1v) is 9.58. The predicted octanol–water partition coefficient (Wildman–Crippen LogP) is 6.96. The van der Waals surface area contributed by atoms with Gasteiger partial charge in [-0.25, -0.2) is 9.97 Å². The summed E-state index contributed by atoms with van der Waals surface area (Å²) in [6.45, 7) is 2.04. The Morgan fingerprint density at radius 2 is 1.39 bits per heavy atom. The molecule has 1 heterocycles. The van der Waals surface area contributed by atoms with Crippen LogP contribution in [0.1, 0.15) is 11.1 Å². The summed E-state index contributed by atoms with van der Waals surface area (Å²) in [5.41, 5.74) is 4.56. The van der Waals surface area contributed by atoms with Gasteiger partial charge in [-0.3, -0.25) is 0 Å². The van der Waals surface area contributed by atoms with Crippen LogP contribution in [-0.2, 0) is 6.18 Å². The number of aryl methyl sites for hydroxylation is 1. The second kappa shape index (κ2) is 8.47. The molecular weight excluding hydrogens is 401 g/mol. The highest BCUT2D eigenvalue weighted by molar-refractivity contribution is 5.69. The van der Waals surface area contributed by atoms with Gasteiger partial charge in [0, 0.05) is 28.7 Å². The van der Waals surface area contributed by atoms with Gasteiger partial charge in [-0.05, 0) is 55.0 Å². The summed E-state index contributed by atoms with van der Waals surface area (Å²) in [5, 5.41) is 6.40. The van der Waals surface area contributed by atoms with Crippen molar-refractivity contribution in [3.63, 3.8) is 0 Å². The van der Waals surface area contributed by atoms with Gasteiger partial charge in [0.15, 0.2) is 0 Å². The van der Waals surface area contributed by atoms with Crippen LogP contribution in [0, 0.1) is 6.92 Å². The van der Waals surface area contributed by atoms with Crippen molar-refractivity contribution < 1.29 is 13.2 Å². The van der Waals surface area contributed by atoms with Crippen molar-refractivity contribution in [3.05, 3.63) is 96.3 Å². The molecule has 156 valence electrons. The molecule has 0 aliphatic heterocycles. The molecule has 0 atom stereocenters. The van der Waals surface area contributed by atoms with Crippen molar-refractivity contribution in [2.45, 2.75) is 13.1 Å². The number of hydrogen-bond acceptors (Lipinski definition) is 4. The highest BCUT2D eigenvalue weighted by Gasteiger charge is 2.29. The van der Waals surface area contributed by atoms with E-state index >= 15 is 0 Å². The smallest absolute Gasteiger partial charge is 0.355 e. The Morgan fingerprint density at radius 1 is 0.742 bits per heavy atom. The number of alkyl halides is 3. The summed E-state index contributed by atoms with van der Waals surface area (Å²) in [6, 6.07) is 22.4. The first kappa shape index (κ1) is 20.4. The third-order valence-corrected chi connectivity index (χ3v) is 4.76. The molecule has 31 heavy (non-hydrogen) atoms. The summed E-state index contributed by atoms with van der Waals surface area (Å²) < 4.78 is 38.1. The van der Waals surface area contributed by atoms with E-state index in [1.807, 2.05) is 55.5 Å². The lowest BCUT2D eigenvalue weighted by Crippen LogP contribution is -2.04. The zero-order valence-electron chi connectivity index (χ0n) is 16.6. The molecule has 0 unspecified atom stereocenters. The molecule has 4 rings (SSSR count). The SMILES string of the molecule is Cc1ccccc1Nc1ccc(-c2cc(Nc3ccc(C(F)(F)F)cc3)ncn2)cc1. The molecule has 2 N–H and O–H groups in total. The minimum atomic E-state index is -4.36. The Kier molecular flexibility index (Phi) is 5.58. The molecule has 0 bridgehead atoms. The van der Waals surface area contributed by atoms with Crippen LogP contribution in [0.2, 0.25) is 0 Å². The minimum Gasteiger partial charge on any atom is -0.355 e. The van der Waals surface area contributed by atoms with Crippen LogP contribution < -0.4 is 10.6 Å². The minimum absolute atomic E-state index is 0.492. The van der Waals surface area contributed by atoms with E-state index in [4.69, 9.17) is 0 Å². The number of anilines is 4. The van der Waals surface area contributed by atoms with Crippen LogP contribution in [-0.4, -0.2) is 9.97 Å². The lowest BCUT2D eigenvalue weighted by Gasteiger charge is -2.11. The van der Waals surface area contributed by atoms with Crippen molar-refractivity contribution in [2.24, 2.45) is 0 Å². The maximum atomic E-state index is 12.7. The number of rotatable bonds is 5. The fourth-order valence-corrected chi connectivity index (χ4v) is 3.07. The van der Waals surface area contributed by atoms with Gasteiger partial charge in [0.2, 0.25) is 0 Å². The largest absolute Gasteiger partial charge is 0.416 e. The van der Waals surface area contributed by atoms with Gasteiger partial charge in [0.25, 0.3) is 0 Å². The van der Waals surface area contributed by atoms with Gasteiger partial charge in [-0.15, -0.1) is 0 Å². The number of nitrogens with one attached hydrogen (secondary N) is 2. The summed E-state index contributed by atoms with van der Waals surface area (Å²) in [6.07, 6.45) is -2.94. The molecule has 0 radical (unpaired) electrons. The average Bonchev–Trinajstić information content (AvgIpc) is 2.76. The van der Waals surface area contributed by atoms with Gasteiger partial charge >= 0.3 is 6.18 Å². The lowest BCUT2D eigenvalue weighted by molar-refractivity contribution is -0.137. The van der Waals surface area contributed by atoms with E-state index in [0.717, 1.165) is 34.6 Å². The molecule has 0 aliphatic rings. The van der Waals surface area contributed by atoms with Crippen molar-refractivity contribution in [2.75, 3.05) is 10.6 Å². The predicted molar refractivity (Wildman–Crippen MR) is 117 cm³/mol. The molecular formula is C24H19F3N4. The summed E-state index contributed by atoms with van der Waals surface area (Å²) >= 11 is 0. The van der Waals surface area contributed by atoms with E-state index in [0.29, 0.717) is 17.2 Å². The topological polar surface area (TPSA) is 49.8 Å². The zero-order valence-corrected chi connectivity index (χ0v) is 16.6. The van der Waals surface area contributed by atoms with Crippen LogP contribution in [0.15, 0.2) is 85.2 Å². The summed E-state index contributed by atoms with van der Waals surface area (Å²) in [4.78, 5) is 8.46. The van der Waals surface area contributed by atoms with Crippen LogP contribution in [0.4, 0.5) is 36.1 Å². The third kappa shape index (κ3) is 5.01. The van der Waals surface area contributed by atoms with E-state index in [1.165, 1.54) is 18.5 Å². The van der Waals surface area contributed by atoms with Crippen molar-refractivity contribution in [3.8, 4) is 11.3 Å². The van der Waals surface area contributed by atoms with Crippen LogP contribution >= 0.6 is 0 Å². The summed E-state index contributed by atoms with van der Waals surface area (Å²) in [7, 11) is 0. The van der Waals surface area contributed by atoms with Crippen molar-refractivity contribution in [1.82, 2.24) is 9.97 Å². The highest BCUT2D eigenvalue weighted by atomic mass is 19.4. The maximum Gasteiger partial charge on any atom is 0.416 e. The Labute approximate surface area is 177 Å². The monoisotopic (exact) mass is 420 g/mol. The van der Waals surface area contributed by atoms with Crippen LogP contribution in [0.3, 0.4) is 0 Å². The Balaban J connectivity index is 1.48. The molecule has 0 spiro atoms. The molecule has 4 aromatic rings. The van der Waals surface area contributed by atoms with Crippen LogP contribution in [0.5, 0.6) is 0 Å².